The van der Waals surface area contributed by atoms with Crippen LogP contribution in [0, 0.1) is 0 Å². The van der Waals surface area contributed by atoms with Crippen LogP contribution in [0.5, 0.6) is 5.75 Å². The van der Waals surface area contributed by atoms with E-state index < -0.39 is 0 Å². The van der Waals surface area contributed by atoms with Gasteiger partial charge in [-0.2, -0.15) is 0 Å². The SMILES string of the molecule is C1=Cc2cc(OCCCN(CCc3cccnc3)Cc3ccncc3)ccc2CN1. The lowest BCUT2D eigenvalue weighted by molar-refractivity contribution is 0.229. The summed E-state index contributed by atoms with van der Waals surface area (Å²) in [6, 6.07) is 14.7. The lowest BCUT2D eigenvalue weighted by Gasteiger charge is -2.22. The van der Waals surface area contributed by atoms with Gasteiger partial charge in [0.2, 0.25) is 0 Å². The molecule has 0 spiro atoms. The number of benzene rings is 1. The van der Waals surface area contributed by atoms with Gasteiger partial charge in [0.15, 0.2) is 0 Å². The highest BCUT2D eigenvalue weighted by Gasteiger charge is 2.08. The van der Waals surface area contributed by atoms with Crippen LogP contribution in [0.25, 0.3) is 6.08 Å². The van der Waals surface area contributed by atoms with E-state index in [0.29, 0.717) is 6.61 Å². The zero-order valence-electron chi connectivity index (χ0n) is 17.2. The average molecular weight is 401 g/mol. The topological polar surface area (TPSA) is 50.3 Å². The maximum Gasteiger partial charge on any atom is 0.119 e. The fourth-order valence-electron chi connectivity index (χ4n) is 3.62. The van der Waals surface area contributed by atoms with Gasteiger partial charge in [-0.3, -0.25) is 14.9 Å². The summed E-state index contributed by atoms with van der Waals surface area (Å²) >= 11 is 0. The number of aromatic nitrogens is 2. The molecule has 0 aliphatic carbocycles. The van der Waals surface area contributed by atoms with Crippen LogP contribution in [0.3, 0.4) is 0 Å². The molecule has 30 heavy (non-hydrogen) atoms. The van der Waals surface area contributed by atoms with E-state index in [0.717, 1.165) is 44.8 Å². The van der Waals surface area contributed by atoms with E-state index in [2.05, 4.69) is 62.7 Å². The van der Waals surface area contributed by atoms with Crippen molar-refractivity contribution in [3.8, 4) is 5.75 Å². The largest absolute Gasteiger partial charge is 0.494 e. The second-order valence-corrected chi connectivity index (χ2v) is 7.52. The standard InChI is InChI=1S/C25H28N4O/c1-3-21(18-27-10-1)9-15-29(20-22-6-11-26-12-7-22)14-2-16-30-25-5-4-24-19-28-13-8-23(24)17-25/h1,3-8,10-13,17-18,28H,2,9,14-16,19-20H2. The fraction of sp³-hybridized carbons (Fsp3) is 0.280. The van der Waals surface area contributed by atoms with Crippen molar-refractivity contribution in [2.24, 2.45) is 0 Å². The predicted molar refractivity (Wildman–Crippen MR) is 120 cm³/mol. The van der Waals surface area contributed by atoms with E-state index in [1.165, 1.54) is 22.3 Å². The summed E-state index contributed by atoms with van der Waals surface area (Å²) in [5, 5.41) is 3.23. The quantitative estimate of drug-likeness (QED) is 0.520. The number of fused-ring (bicyclic) bond motifs is 1. The lowest BCUT2D eigenvalue weighted by atomic mass is 10.1. The first kappa shape index (κ1) is 20.1. The van der Waals surface area contributed by atoms with Crippen LogP contribution in [0.2, 0.25) is 0 Å². The van der Waals surface area contributed by atoms with Gasteiger partial charge >= 0.3 is 0 Å². The van der Waals surface area contributed by atoms with Crippen LogP contribution in [0.1, 0.15) is 28.7 Å². The van der Waals surface area contributed by atoms with Crippen LogP contribution in [0.4, 0.5) is 0 Å². The van der Waals surface area contributed by atoms with Gasteiger partial charge in [-0.05, 0) is 77.7 Å². The van der Waals surface area contributed by atoms with Crippen LogP contribution < -0.4 is 10.1 Å². The highest BCUT2D eigenvalue weighted by Crippen LogP contribution is 2.21. The number of rotatable bonds is 10. The van der Waals surface area contributed by atoms with Crippen LogP contribution in [-0.2, 0) is 19.5 Å². The van der Waals surface area contributed by atoms with Crippen molar-refractivity contribution in [3.05, 3.63) is 95.7 Å². The number of hydrogen-bond acceptors (Lipinski definition) is 5. The summed E-state index contributed by atoms with van der Waals surface area (Å²) in [7, 11) is 0. The minimum Gasteiger partial charge on any atom is -0.494 e. The van der Waals surface area contributed by atoms with E-state index in [-0.39, 0.29) is 0 Å². The maximum absolute atomic E-state index is 6.03. The zero-order valence-corrected chi connectivity index (χ0v) is 17.2. The number of pyridine rings is 2. The molecule has 0 saturated carbocycles. The molecular formula is C25H28N4O. The minimum atomic E-state index is 0.709. The first-order chi connectivity index (χ1) is 14.9. The summed E-state index contributed by atoms with van der Waals surface area (Å²) in [6.45, 7) is 4.48. The molecule has 5 heteroatoms. The number of nitrogens with zero attached hydrogens (tertiary/aromatic N) is 3. The van der Waals surface area contributed by atoms with Gasteiger partial charge in [-0.25, -0.2) is 0 Å². The van der Waals surface area contributed by atoms with Gasteiger partial charge in [-0.15, -0.1) is 0 Å². The van der Waals surface area contributed by atoms with Crippen LogP contribution in [0.15, 0.2) is 73.5 Å². The fourth-order valence-corrected chi connectivity index (χ4v) is 3.62. The van der Waals surface area contributed by atoms with Gasteiger partial charge in [0, 0.05) is 51.0 Å². The summed E-state index contributed by atoms with van der Waals surface area (Å²) in [6.07, 6.45) is 13.6. The highest BCUT2D eigenvalue weighted by molar-refractivity contribution is 5.57. The Morgan fingerprint density at radius 3 is 2.77 bits per heavy atom. The molecule has 0 saturated heterocycles. The van der Waals surface area contributed by atoms with Gasteiger partial charge in [0.25, 0.3) is 0 Å². The van der Waals surface area contributed by atoms with E-state index in [1.807, 2.05) is 37.1 Å². The van der Waals surface area contributed by atoms with Crippen molar-refractivity contribution in [1.29, 1.82) is 0 Å². The minimum absolute atomic E-state index is 0.709. The molecule has 0 fully saturated rings. The van der Waals surface area contributed by atoms with E-state index in [9.17, 15) is 0 Å². The first-order valence-electron chi connectivity index (χ1n) is 10.5. The molecule has 3 aromatic rings. The molecular weight excluding hydrogens is 372 g/mol. The Balaban J connectivity index is 1.29. The van der Waals surface area contributed by atoms with Crippen LogP contribution >= 0.6 is 0 Å². The van der Waals surface area contributed by atoms with Gasteiger partial charge in [-0.1, -0.05) is 12.1 Å². The molecule has 1 aliphatic heterocycles. The summed E-state index contributed by atoms with van der Waals surface area (Å²) in [5.41, 5.74) is 5.10. The predicted octanol–water partition coefficient (Wildman–Crippen LogP) is 4.06. The van der Waals surface area contributed by atoms with E-state index in [4.69, 9.17) is 4.74 Å². The molecule has 1 aromatic carbocycles. The van der Waals surface area contributed by atoms with Crippen molar-refractivity contribution in [2.45, 2.75) is 25.9 Å². The Kier molecular flexibility index (Phi) is 7.07. The molecule has 1 N–H and O–H groups in total. The monoisotopic (exact) mass is 400 g/mol. The van der Waals surface area contributed by atoms with Crippen molar-refractivity contribution in [3.63, 3.8) is 0 Å². The third-order valence-corrected chi connectivity index (χ3v) is 5.27. The second-order valence-electron chi connectivity index (χ2n) is 7.52. The van der Waals surface area contributed by atoms with Crippen LogP contribution in [-0.4, -0.2) is 34.6 Å². The smallest absolute Gasteiger partial charge is 0.119 e. The highest BCUT2D eigenvalue weighted by atomic mass is 16.5. The molecule has 2 aromatic heterocycles. The average Bonchev–Trinajstić information content (AvgIpc) is 2.81. The summed E-state index contributed by atoms with van der Waals surface area (Å²) < 4.78 is 6.03. The molecule has 3 heterocycles. The molecule has 0 unspecified atom stereocenters. The molecule has 0 atom stereocenters. The molecule has 154 valence electrons. The maximum atomic E-state index is 6.03. The Labute approximate surface area is 178 Å². The zero-order chi connectivity index (χ0) is 20.4. The summed E-state index contributed by atoms with van der Waals surface area (Å²) in [5.74, 6) is 0.941. The third-order valence-electron chi connectivity index (χ3n) is 5.27. The van der Waals surface area contributed by atoms with Crippen molar-refractivity contribution in [2.75, 3.05) is 19.7 Å². The third kappa shape index (κ3) is 5.91. The molecule has 4 rings (SSSR count). The molecule has 0 radical (unpaired) electrons. The van der Waals surface area contributed by atoms with Gasteiger partial charge in [0.05, 0.1) is 6.61 Å². The number of hydrogen-bond donors (Lipinski definition) is 1. The number of nitrogens with one attached hydrogen (secondary N) is 1. The van der Waals surface area contributed by atoms with Crippen molar-refractivity contribution in [1.82, 2.24) is 20.2 Å². The first-order valence-corrected chi connectivity index (χ1v) is 10.5. The van der Waals surface area contributed by atoms with E-state index in [1.54, 1.807) is 0 Å². The molecule has 5 nitrogen and oxygen atoms in total. The van der Waals surface area contributed by atoms with Crippen molar-refractivity contribution < 1.29 is 4.74 Å². The Bertz CT molecular complexity index is 944. The second kappa shape index (κ2) is 10.6. The van der Waals surface area contributed by atoms with E-state index >= 15 is 0 Å². The Morgan fingerprint density at radius 1 is 0.967 bits per heavy atom. The van der Waals surface area contributed by atoms with Gasteiger partial charge < -0.3 is 10.1 Å². The Morgan fingerprint density at radius 2 is 1.90 bits per heavy atom. The summed E-state index contributed by atoms with van der Waals surface area (Å²) in [4.78, 5) is 10.8. The molecule has 1 aliphatic rings. The van der Waals surface area contributed by atoms with Gasteiger partial charge in [0.1, 0.15) is 5.75 Å². The lowest BCUT2D eigenvalue weighted by Crippen LogP contribution is -2.28. The Hall–Kier alpha value is -3.18. The number of ether oxygens (including phenoxy) is 1. The molecule has 0 amide bonds. The normalized spacial score (nSPS) is 12.4. The molecule has 0 bridgehead atoms. The van der Waals surface area contributed by atoms with Crippen molar-refractivity contribution >= 4 is 6.08 Å².